The van der Waals surface area contributed by atoms with Gasteiger partial charge in [0.2, 0.25) is 0 Å². The molecule has 0 radical (unpaired) electrons. The van der Waals surface area contributed by atoms with E-state index < -0.39 is 6.03 Å². The second kappa shape index (κ2) is 7.69. The molecule has 1 aliphatic heterocycles. The van der Waals surface area contributed by atoms with E-state index in [4.69, 9.17) is 5.73 Å². The number of anilines is 2. The number of rotatable bonds is 4. The van der Waals surface area contributed by atoms with Gasteiger partial charge in [0.25, 0.3) is 11.8 Å². The average Bonchev–Trinajstić information content (AvgIpc) is 3.16. The maximum Gasteiger partial charge on any atom is 0.316 e. The largest absolute Gasteiger partial charge is 0.351 e. The summed E-state index contributed by atoms with van der Waals surface area (Å²) in [6.45, 7) is 1.61. The fourth-order valence-corrected chi connectivity index (χ4v) is 2.85. The van der Waals surface area contributed by atoms with Crippen LogP contribution in [0.25, 0.3) is 0 Å². The van der Waals surface area contributed by atoms with Crippen LogP contribution in [0.1, 0.15) is 33.6 Å². The van der Waals surface area contributed by atoms with Gasteiger partial charge in [0.05, 0.1) is 0 Å². The van der Waals surface area contributed by atoms with E-state index in [-0.39, 0.29) is 11.8 Å². The minimum absolute atomic E-state index is 0.0258. The van der Waals surface area contributed by atoms with Gasteiger partial charge in [-0.3, -0.25) is 9.59 Å². The van der Waals surface area contributed by atoms with Crippen LogP contribution in [0, 0.1) is 0 Å². The molecule has 134 valence electrons. The molecule has 26 heavy (non-hydrogen) atoms. The Labute approximate surface area is 151 Å². The average molecular weight is 352 g/mol. The molecule has 3 rings (SSSR count). The number of nitrogens with two attached hydrogens (primary N) is 1. The molecular weight excluding hydrogens is 332 g/mol. The molecule has 1 saturated heterocycles. The van der Waals surface area contributed by atoms with Gasteiger partial charge >= 0.3 is 6.03 Å². The van der Waals surface area contributed by atoms with Gasteiger partial charge in [-0.15, -0.1) is 0 Å². The molecule has 1 heterocycles. The molecule has 0 bridgehead atoms. The van der Waals surface area contributed by atoms with E-state index in [1.54, 1.807) is 48.5 Å². The summed E-state index contributed by atoms with van der Waals surface area (Å²) in [5.41, 5.74) is 7.22. The molecule has 2 aromatic rings. The number of carbonyl (C=O) groups is 3. The lowest BCUT2D eigenvalue weighted by Gasteiger charge is -2.15. The standard InChI is InChI=1S/C19H20N4O3/c20-19(26)22-16-7-3-13(4-8-16)17(24)21-15-9-5-14(6-10-15)18(25)23-11-1-2-12-23/h3-10H,1-2,11-12H2,(H,21,24)(H3,20,22,26). The summed E-state index contributed by atoms with van der Waals surface area (Å²) in [6, 6.07) is 12.6. The van der Waals surface area contributed by atoms with Crippen molar-refractivity contribution in [3.05, 3.63) is 59.7 Å². The maximum absolute atomic E-state index is 12.3. The van der Waals surface area contributed by atoms with Gasteiger partial charge in [0, 0.05) is 35.6 Å². The number of amides is 4. The number of primary amides is 1. The topological polar surface area (TPSA) is 105 Å². The number of hydrogen-bond donors (Lipinski definition) is 3. The van der Waals surface area contributed by atoms with E-state index in [9.17, 15) is 14.4 Å². The molecule has 0 aromatic heterocycles. The van der Waals surface area contributed by atoms with E-state index in [0.29, 0.717) is 22.5 Å². The zero-order valence-electron chi connectivity index (χ0n) is 14.2. The molecule has 7 heteroatoms. The van der Waals surface area contributed by atoms with E-state index in [1.165, 1.54) is 0 Å². The minimum atomic E-state index is -0.661. The van der Waals surface area contributed by atoms with Gasteiger partial charge in [-0.25, -0.2) is 4.79 Å². The summed E-state index contributed by atoms with van der Waals surface area (Å²) in [5.74, 6) is -0.257. The number of nitrogens with zero attached hydrogens (tertiary/aromatic N) is 1. The highest BCUT2D eigenvalue weighted by Crippen LogP contribution is 2.17. The van der Waals surface area contributed by atoms with E-state index in [1.807, 2.05) is 4.90 Å². The Balaban J connectivity index is 1.62. The van der Waals surface area contributed by atoms with Crippen molar-refractivity contribution in [1.29, 1.82) is 0 Å². The Morgan fingerprint density at radius 3 is 1.81 bits per heavy atom. The summed E-state index contributed by atoms with van der Waals surface area (Å²) in [4.78, 5) is 37.2. The molecule has 2 aromatic carbocycles. The third kappa shape index (κ3) is 4.18. The smallest absolute Gasteiger partial charge is 0.316 e. The van der Waals surface area contributed by atoms with E-state index in [2.05, 4.69) is 10.6 Å². The predicted octanol–water partition coefficient (Wildman–Crippen LogP) is 2.67. The summed E-state index contributed by atoms with van der Waals surface area (Å²) in [7, 11) is 0. The Kier molecular flexibility index (Phi) is 5.17. The van der Waals surface area contributed by atoms with Crippen molar-refractivity contribution < 1.29 is 14.4 Å². The van der Waals surface area contributed by atoms with Crippen molar-refractivity contribution in [2.75, 3.05) is 23.7 Å². The maximum atomic E-state index is 12.3. The molecule has 0 atom stereocenters. The summed E-state index contributed by atoms with van der Waals surface area (Å²) in [6.07, 6.45) is 2.10. The first-order valence-corrected chi connectivity index (χ1v) is 8.40. The number of hydrogen-bond acceptors (Lipinski definition) is 3. The van der Waals surface area contributed by atoms with Crippen LogP contribution in [0.15, 0.2) is 48.5 Å². The lowest BCUT2D eigenvalue weighted by molar-refractivity contribution is 0.0792. The van der Waals surface area contributed by atoms with Gasteiger partial charge in [0.15, 0.2) is 0 Å². The molecular formula is C19H20N4O3. The first-order valence-electron chi connectivity index (χ1n) is 8.40. The third-order valence-electron chi connectivity index (χ3n) is 4.20. The zero-order chi connectivity index (χ0) is 18.5. The van der Waals surface area contributed by atoms with Gasteiger partial charge in [-0.05, 0) is 61.4 Å². The monoisotopic (exact) mass is 352 g/mol. The van der Waals surface area contributed by atoms with Crippen molar-refractivity contribution >= 4 is 29.2 Å². The molecule has 0 aliphatic carbocycles. The second-order valence-electron chi connectivity index (χ2n) is 6.10. The van der Waals surface area contributed by atoms with Crippen molar-refractivity contribution in [3.8, 4) is 0 Å². The van der Waals surface area contributed by atoms with E-state index in [0.717, 1.165) is 25.9 Å². The Hall–Kier alpha value is -3.35. The molecule has 7 nitrogen and oxygen atoms in total. The van der Waals surface area contributed by atoms with Gasteiger partial charge < -0.3 is 21.3 Å². The Morgan fingerprint density at radius 1 is 0.769 bits per heavy atom. The van der Waals surface area contributed by atoms with Crippen LogP contribution in [0.3, 0.4) is 0 Å². The summed E-state index contributed by atoms with van der Waals surface area (Å²) in [5, 5.41) is 5.21. The van der Waals surface area contributed by atoms with Crippen LogP contribution in [-0.2, 0) is 0 Å². The van der Waals surface area contributed by atoms with Crippen molar-refractivity contribution in [1.82, 2.24) is 4.90 Å². The van der Waals surface area contributed by atoms with Crippen molar-refractivity contribution in [3.63, 3.8) is 0 Å². The fraction of sp³-hybridized carbons (Fsp3) is 0.211. The van der Waals surface area contributed by atoms with Crippen LogP contribution in [-0.4, -0.2) is 35.8 Å². The molecule has 0 saturated carbocycles. The molecule has 1 fully saturated rings. The van der Waals surface area contributed by atoms with Crippen LogP contribution < -0.4 is 16.4 Å². The van der Waals surface area contributed by atoms with Gasteiger partial charge in [-0.1, -0.05) is 0 Å². The third-order valence-corrected chi connectivity index (χ3v) is 4.20. The highest BCUT2D eigenvalue weighted by Gasteiger charge is 2.19. The fourth-order valence-electron chi connectivity index (χ4n) is 2.85. The zero-order valence-corrected chi connectivity index (χ0v) is 14.2. The number of likely N-dealkylation sites (tertiary alicyclic amines) is 1. The van der Waals surface area contributed by atoms with Crippen LogP contribution in [0.4, 0.5) is 16.2 Å². The SMILES string of the molecule is NC(=O)Nc1ccc(C(=O)Nc2ccc(C(=O)N3CCCC3)cc2)cc1. The van der Waals surface area contributed by atoms with Crippen LogP contribution in [0.5, 0.6) is 0 Å². The number of carbonyl (C=O) groups excluding carboxylic acids is 3. The van der Waals surface area contributed by atoms with Gasteiger partial charge in [-0.2, -0.15) is 0 Å². The lowest BCUT2D eigenvalue weighted by Crippen LogP contribution is -2.27. The highest BCUT2D eigenvalue weighted by atomic mass is 16.2. The van der Waals surface area contributed by atoms with Crippen LogP contribution in [0.2, 0.25) is 0 Å². The molecule has 0 unspecified atom stereocenters. The van der Waals surface area contributed by atoms with E-state index >= 15 is 0 Å². The first kappa shape index (κ1) is 17.5. The Morgan fingerprint density at radius 2 is 1.27 bits per heavy atom. The molecule has 4 amide bonds. The minimum Gasteiger partial charge on any atom is -0.351 e. The van der Waals surface area contributed by atoms with Crippen molar-refractivity contribution in [2.45, 2.75) is 12.8 Å². The molecule has 0 spiro atoms. The summed E-state index contributed by atoms with van der Waals surface area (Å²) >= 11 is 0. The lowest BCUT2D eigenvalue weighted by atomic mass is 10.1. The predicted molar refractivity (Wildman–Crippen MR) is 99.2 cm³/mol. The number of nitrogens with one attached hydrogen (secondary N) is 2. The van der Waals surface area contributed by atoms with Crippen LogP contribution >= 0.6 is 0 Å². The molecule has 1 aliphatic rings. The summed E-state index contributed by atoms with van der Waals surface area (Å²) < 4.78 is 0. The first-order chi connectivity index (χ1) is 12.5. The second-order valence-corrected chi connectivity index (χ2v) is 6.10. The molecule has 4 N–H and O–H groups in total. The highest BCUT2D eigenvalue weighted by molar-refractivity contribution is 6.05. The van der Waals surface area contributed by atoms with Gasteiger partial charge in [0.1, 0.15) is 0 Å². The number of benzene rings is 2. The van der Waals surface area contributed by atoms with Crippen molar-refractivity contribution in [2.24, 2.45) is 5.73 Å². The number of urea groups is 1. The Bertz CT molecular complexity index is 810. The quantitative estimate of drug-likeness (QED) is 0.788. The normalized spacial score (nSPS) is 13.3.